The molecule has 9 heteroatoms. The van der Waals surface area contributed by atoms with Crippen LogP contribution in [0.1, 0.15) is 11.5 Å². The number of halogens is 3. The molecule has 0 radical (unpaired) electrons. The summed E-state index contributed by atoms with van der Waals surface area (Å²) < 4.78 is 37.4. The number of nitriles is 1. The van der Waals surface area contributed by atoms with Gasteiger partial charge in [0.25, 0.3) is 0 Å². The van der Waals surface area contributed by atoms with E-state index in [9.17, 15) is 13.2 Å². The number of nitrogens with one attached hydrogen (secondary N) is 1. The van der Waals surface area contributed by atoms with Crippen LogP contribution >= 0.6 is 0 Å². The number of H-pyrrole nitrogens is 1. The molecule has 6 nitrogen and oxygen atoms in total. The maximum atomic E-state index is 12.5. The lowest BCUT2D eigenvalue weighted by Crippen LogP contribution is -2.10. The fourth-order valence-corrected chi connectivity index (χ4v) is 1.91. The normalized spacial score (nSPS) is 11.5. The van der Waals surface area contributed by atoms with Gasteiger partial charge in [-0.3, -0.25) is 0 Å². The van der Waals surface area contributed by atoms with Crippen LogP contribution in [-0.2, 0) is 6.18 Å². The molecule has 3 heterocycles. The third-order valence-corrected chi connectivity index (χ3v) is 2.78. The zero-order chi connectivity index (χ0) is 15.0. The number of nitrogens with zero attached hydrogens (tertiary/aromatic N) is 5. The van der Waals surface area contributed by atoms with Crippen LogP contribution < -0.4 is 0 Å². The molecule has 0 saturated heterocycles. The molecule has 0 aliphatic carbocycles. The summed E-state index contributed by atoms with van der Waals surface area (Å²) in [6.07, 6.45) is 0.193. The number of hydrogen-bond donors (Lipinski definition) is 1. The van der Waals surface area contributed by atoms with Gasteiger partial charge in [-0.2, -0.15) is 18.4 Å². The van der Waals surface area contributed by atoms with Crippen molar-refractivity contribution in [2.45, 2.75) is 6.18 Å². The lowest BCUT2D eigenvalue weighted by molar-refractivity contribution is -0.144. The average Bonchev–Trinajstić information content (AvgIpc) is 2.85. The molecule has 0 aliphatic heterocycles. The predicted octanol–water partition coefficient (Wildman–Crippen LogP) is 2.31. The standard InChI is InChI=1S/C12H5F3N6/c13-12(14,15)11-18-2-6(3-19-11)9-7-4-17-5-20-10(7)21-8(9)1-16/h2-5H,(H,17,20,21). The van der Waals surface area contributed by atoms with Gasteiger partial charge in [-0.15, -0.1) is 0 Å². The minimum atomic E-state index is -4.61. The molecule has 0 spiro atoms. The Hall–Kier alpha value is -3.02. The minimum Gasteiger partial charge on any atom is -0.330 e. The average molecular weight is 290 g/mol. The topological polar surface area (TPSA) is 91.1 Å². The summed E-state index contributed by atoms with van der Waals surface area (Å²) >= 11 is 0. The van der Waals surface area contributed by atoms with Gasteiger partial charge in [0, 0.05) is 35.1 Å². The van der Waals surface area contributed by atoms with Crippen LogP contribution in [0.3, 0.4) is 0 Å². The van der Waals surface area contributed by atoms with Crippen LogP contribution in [0.5, 0.6) is 0 Å². The monoisotopic (exact) mass is 290 g/mol. The Bertz CT molecular complexity index is 844. The van der Waals surface area contributed by atoms with Crippen LogP contribution in [0.15, 0.2) is 24.9 Å². The molecule has 0 fully saturated rings. The summed E-state index contributed by atoms with van der Waals surface area (Å²) in [5.41, 5.74) is 1.23. The molecule has 3 aromatic rings. The number of fused-ring (bicyclic) bond motifs is 1. The van der Waals surface area contributed by atoms with Crippen molar-refractivity contribution < 1.29 is 13.2 Å². The molecule has 3 rings (SSSR count). The summed E-state index contributed by atoms with van der Waals surface area (Å²) in [6, 6.07) is 1.93. The maximum absolute atomic E-state index is 12.5. The number of aromatic nitrogens is 5. The Morgan fingerprint density at radius 1 is 1.10 bits per heavy atom. The van der Waals surface area contributed by atoms with Gasteiger partial charge in [-0.1, -0.05) is 0 Å². The molecule has 21 heavy (non-hydrogen) atoms. The van der Waals surface area contributed by atoms with Crippen LogP contribution in [0, 0.1) is 11.3 Å². The Labute approximate surface area is 115 Å². The summed E-state index contributed by atoms with van der Waals surface area (Å²) in [5, 5.41) is 9.63. The Morgan fingerprint density at radius 3 is 2.43 bits per heavy atom. The summed E-state index contributed by atoms with van der Waals surface area (Å²) in [6.45, 7) is 0. The highest BCUT2D eigenvalue weighted by atomic mass is 19.4. The highest BCUT2D eigenvalue weighted by Gasteiger charge is 2.34. The molecule has 104 valence electrons. The minimum absolute atomic E-state index is 0.161. The second kappa shape index (κ2) is 4.52. The van der Waals surface area contributed by atoms with Crippen molar-refractivity contribution in [3.05, 3.63) is 36.4 Å². The first-order chi connectivity index (χ1) is 10.0. The van der Waals surface area contributed by atoms with Crippen molar-refractivity contribution in [1.29, 1.82) is 5.26 Å². The van der Waals surface area contributed by atoms with Gasteiger partial charge in [0.05, 0.1) is 0 Å². The van der Waals surface area contributed by atoms with E-state index in [0.717, 1.165) is 12.4 Å². The van der Waals surface area contributed by atoms with E-state index >= 15 is 0 Å². The largest absolute Gasteiger partial charge is 0.451 e. The van der Waals surface area contributed by atoms with Crippen molar-refractivity contribution in [3.8, 4) is 17.2 Å². The molecule has 0 saturated carbocycles. The van der Waals surface area contributed by atoms with E-state index in [1.807, 2.05) is 6.07 Å². The third kappa shape index (κ3) is 2.16. The molecule has 0 aromatic carbocycles. The molecule has 0 aliphatic rings. The zero-order valence-corrected chi connectivity index (χ0v) is 10.2. The van der Waals surface area contributed by atoms with Crippen LogP contribution in [0.25, 0.3) is 22.2 Å². The fraction of sp³-hybridized carbons (Fsp3) is 0.0833. The molecular weight excluding hydrogens is 285 g/mol. The molecule has 3 aromatic heterocycles. The van der Waals surface area contributed by atoms with E-state index in [2.05, 4.69) is 24.9 Å². The van der Waals surface area contributed by atoms with Gasteiger partial charge in [0.15, 0.2) is 0 Å². The summed E-state index contributed by atoms with van der Waals surface area (Å²) in [4.78, 5) is 17.1. The van der Waals surface area contributed by atoms with E-state index in [0.29, 0.717) is 16.6 Å². The molecular formula is C12H5F3N6. The van der Waals surface area contributed by atoms with Crippen molar-refractivity contribution in [3.63, 3.8) is 0 Å². The van der Waals surface area contributed by atoms with Crippen LogP contribution in [-0.4, -0.2) is 24.9 Å². The van der Waals surface area contributed by atoms with E-state index in [1.165, 1.54) is 12.5 Å². The fourth-order valence-electron chi connectivity index (χ4n) is 1.91. The highest BCUT2D eigenvalue weighted by Crippen LogP contribution is 2.31. The summed E-state index contributed by atoms with van der Waals surface area (Å²) in [7, 11) is 0. The van der Waals surface area contributed by atoms with Crippen LogP contribution in [0.4, 0.5) is 13.2 Å². The number of hydrogen-bond acceptors (Lipinski definition) is 5. The van der Waals surface area contributed by atoms with Crippen molar-refractivity contribution in [2.75, 3.05) is 0 Å². The quantitative estimate of drug-likeness (QED) is 0.742. The molecule has 1 N–H and O–H groups in total. The third-order valence-electron chi connectivity index (χ3n) is 2.78. The van der Waals surface area contributed by atoms with E-state index < -0.39 is 12.0 Å². The zero-order valence-electron chi connectivity index (χ0n) is 10.2. The Kier molecular flexibility index (Phi) is 2.79. The van der Waals surface area contributed by atoms with E-state index in [-0.39, 0.29) is 11.3 Å². The molecule has 0 unspecified atom stereocenters. The first-order valence-corrected chi connectivity index (χ1v) is 5.62. The molecule has 0 amide bonds. The van der Waals surface area contributed by atoms with Gasteiger partial charge in [0.1, 0.15) is 23.7 Å². The smallest absolute Gasteiger partial charge is 0.330 e. The molecule has 0 bridgehead atoms. The highest BCUT2D eigenvalue weighted by molar-refractivity contribution is 5.96. The van der Waals surface area contributed by atoms with Crippen molar-refractivity contribution >= 4 is 11.0 Å². The maximum Gasteiger partial charge on any atom is 0.451 e. The SMILES string of the molecule is N#Cc1[nH]c2ncncc2c1-c1cnc(C(F)(F)F)nc1. The Morgan fingerprint density at radius 2 is 1.81 bits per heavy atom. The lowest BCUT2D eigenvalue weighted by atomic mass is 10.1. The van der Waals surface area contributed by atoms with E-state index in [4.69, 9.17) is 5.26 Å². The summed E-state index contributed by atoms with van der Waals surface area (Å²) in [5.74, 6) is -1.24. The lowest BCUT2D eigenvalue weighted by Gasteiger charge is -2.05. The van der Waals surface area contributed by atoms with E-state index in [1.54, 1.807) is 0 Å². The van der Waals surface area contributed by atoms with Gasteiger partial charge >= 0.3 is 6.18 Å². The number of rotatable bonds is 1. The molecule has 0 atom stereocenters. The first-order valence-electron chi connectivity index (χ1n) is 5.62. The van der Waals surface area contributed by atoms with Gasteiger partial charge in [0.2, 0.25) is 5.82 Å². The van der Waals surface area contributed by atoms with Gasteiger partial charge in [-0.25, -0.2) is 19.9 Å². The van der Waals surface area contributed by atoms with Gasteiger partial charge < -0.3 is 4.98 Å². The van der Waals surface area contributed by atoms with Crippen molar-refractivity contribution in [2.24, 2.45) is 0 Å². The second-order valence-corrected chi connectivity index (χ2v) is 4.06. The number of alkyl halides is 3. The first kappa shape index (κ1) is 13.0. The van der Waals surface area contributed by atoms with Crippen LogP contribution in [0.2, 0.25) is 0 Å². The number of aromatic amines is 1. The predicted molar refractivity (Wildman–Crippen MR) is 64.6 cm³/mol. The second-order valence-electron chi connectivity index (χ2n) is 4.06. The Balaban J connectivity index is 2.19. The van der Waals surface area contributed by atoms with Gasteiger partial charge in [-0.05, 0) is 0 Å². The van der Waals surface area contributed by atoms with Crippen molar-refractivity contribution in [1.82, 2.24) is 24.9 Å².